The van der Waals surface area contributed by atoms with Gasteiger partial charge in [0, 0.05) is 5.92 Å². The van der Waals surface area contributed by atoms with Gasteiger partial charge in [-0.15, -0.1) is 6.58 Å². The van der Waals surface area contributed by atoms with Gasteiger partial charge in [0.05, 0.1) is 13.2 Å². The number of rotatable bonds is 9. The fraction of sp³-hybridized carbons (Fsp3) is 0.733. The third kappa shape index (κ3) is 4.08. The van der Waals surface area contributed by atoms with Gasteiger partial charge in [-0.25, -0.2) is 0 Å². The van der Waals surface area contributed by atoms with E-state index in [-0.39, 0.29) is 19.1 Å². The lowest BCUT2D eigenvalue weighted by atomic mass is 9.72. The summed E-state index contributed by atoms with van der Waals surface area (Å²) in [5.41, 5.74) is -1.26. The molecule has 0 bridgehead atoms. The van der Waals surface area contributed by atoms with Crippen LogP contribution in [0.2, 0.25) is 0 Å². The minimum Gasteiger partial charge on any atom is -0.465 e. The van der Waals surface area contributed by atoms with E-state index in [1.807, 2.05) is 6.92 Å². The van der Waals surface area contributed by atoms with Gasteiger partial charge >= 0.3 is 11.9 Å². The van der Waals surface area contributed by atoms with Crippen molar-refractivity contribution in [3.8, 4) is 0 Å². The smallest absolute Gasteiger partial charge is 0.324 e. The monoisotopic (exact) mass is 270 g/mol. The number of carbonyl (C=O) groups is 2. The van der Waals surface area contributed by atoms with Crippen LogP contribution >= 0.6 is 0 Å². The summed E-state index contributed by atoms with van der Waals surface area (Å²) >= 11 is 0. The normalized spacial score (nSPS) is 12.6. The number of esters is 2. The lowest BCUT2D eigenvalue weighted by Gasteiger charge is -2.32. The lowest BCUT2D eigenvalue weighted by Crippen LogP contribution is -2.46. The minimum atomic E-state index is -1.26. The molecule has 110 valence electrons. The quantitative estimate of drug-likeness (QED) is 0.367. The van der Waals surface area contributed by atoms with Crippen LogP contribution in [-0.4, -0.2) is 25.2 Å². The van der Waals surface area contributed by atoms with E-state index in [2.05, 4.69) is 6.58 Å². The summed E-state index contributed by atoms with van der Waals surface area (Å²) in [5, 5.41) is 0. The molecule has 0 aliphatic rings. The maximum atomic E-state index is 12.3. The van der Waals surface area contributed by atoms with Crippen molar-refractivity contribution in [1.82, 2.24) is 0 Å². The van der Waals surface area contributed by atoms with E-state index >= 15 is 0 Å². The molecule has 0 aromatic heterocycles. The molecular weight excluding hydrogens is 244 g/mol. The van der Waals surface area contributed by atoms with Gasteiger partial charge in [-0.1, -0.05) is 32.8 Å². The molecule has 0 rings (SSSR count). The zero-order valence-electron chi connectivity index (χ0n) is 12.5. The highest BCUT2D eigenvalue weighted by atomic mass is 16.6. The molecule has 19 heavy (non-hydrogen) atoms. The average molecular weight is 270 g/mol. The maximum absolute atomic E-state index is 12.3. The van der Waals surface area contributed by atoms with Crippen molar-refractivity contribution in [1.29, 1.82) is 0 Å². The average Bonchev–Trinajstić information content (AvgIpc) is 2.39. The second kappa shape index (κ2) is 8.73. The Hall–Kier alpha value is -1.32. The molecule has 1 unspecified atom stereocenters. The van der Waals surface area contributed by atoms with Crippen LogP contribution < -0.4 is 0 Å². The summed E-state index contributed by atoms with van der Waals surface area (Å²) < 4.78 is 10.2. The van der Waals surface area contributed by atoms with Crippen LogP contribution in [0, 0.1) is 11.3 Å². The Labute approximate surface area is 116 Å². The summed E-state index contributed by atoms with van der Waals surface area (Å²) in [6.45, 7) is 11.5. The molecule has 0 aromatic rings. The molecule has 0 amide bonds. The first-order valence-electron chi connectivity index (χ1n) is 6.98. The van der Waals surface area contributed by atoms with Gasteiger partial charge in [-0.05, 0) is 20.3 Å². The van der Waals surface area contributed by atoms with Gasteiger partial charge in [0.2, 0.25) is 0 Å². The van der Waals surface area contributed by atoms with Crippen LogP contribution in [0.1, 0.15) is 47.0 Å². The van der Waals surface area contributed by atoms with E-state index in [1.165, 1.54) is 0 Å². The van der Waals surface area contributed by atoms with E-state index in [0.717, 1.165) is 12.8 Å². The first-order chi connectivity index (χ1) is 9.00. The molecule has 0 aromatic carbocycles. The Morgan fingerprint density at radius 1 is 1.16 bits per heavy atom. The van der Waals surface area contributed by atoms with Gasteiger partial charge in [-0.2, -0.15) is 0 Å². The van der Waals surface area contributed by atoms with Gasteiger partial charge in [-0.3, -0.25) is 9.59 Å². The van der Waals surface area contributed by atoms with Crippen LogP contribution in [-0.2, 0) is 19.1 Å². The van der Waals surface area contributed by atoms with E-state index in [9.17, 15) is 9.59 Å². The number of carbonyl (C=O) groups excluding carboxylic acids is 2. The van der Waals surface area contributed by atoms with Crippen molar-refractivity contribution in [3.05, 3.63) is 12.7 Å². The van der Waals surface area contributed by atoms with E-state index in [0.29, 0.717) is 6.42 Å². The van der Waals surface area contributed by atoms with Gasteiger partial charge in [0.15, 0.2) is 5.41 Å². The number of allylic oxidation sites excluding steroid dienone is 1. The Bertz CT molecular complexity index is 291. The molecule has 0 saturated heterocycles. The summed E-state index contributed by atoms with van der Waals surface area (Å²) in [6.07, 6.45) is 3.69. The summed E-state index contributed by atoms with van der Waals surface area (Å²) in [5.74, 6) is -1.33. The predicted molar refractivity (Wildman–Crippen MR) is 74.6 cm³/mol. The fourth-order valence-electron chi connectivity index (χ4n) is 2.06. The molecule has 0 aliphatic carbocycles. The third-order valence-electron chi connectivity index (χ3n) is 3.33. The molecule has 4 heteroatoms. The molecule has 0 aliphatic heterocycles. The molecular formula is C15H26O4. The van der Waals surface area contributed by atoms with Crippen molar-refractivity contribution < 1.29 is 19.1 Å². The van der Waals surface area contributed by atoms with E-state index < -0.39 is 17.4 Å². The number of ether oxygens (including phenoxy) is 2. The van der Waals surface area contributed by atoms with Crippen molar-refractivity contribution in [2.24, 2.45) is 11.3 Å². The van der Waals surface area contributed by atoms with Crippen LogP contribution in [0.4, 0.5) is 0 Å². The van der Waals surface area contributed by atoms with Gasteiger partial charge < -0.3 is 9.47 Å². The zero-order chi connectivity index (χ0) is 14.9. The largest absolute Gasteiger partial charge is 0.465 e. The number of hydrogen-bond donors (Lipinski definition) is 0. The van der Waals surface area contributed by atoms with Gasteiger partial charge in [0.25, 0.3) is 0 Å². The first-order valence-corrected chi connectivity index (χ1v) is 6.98. The SMILES string of the molecule is C=CC(C)C(CCCC)(C(=O)OCC)C(=O)OCC. The maximum Gasteiger partial charge on any atom is 0.324 e. The molecule has 0 saturated carbocycles. The van der Waals surface area contributed by atoms with Crippen LogP contribution in [0.5, 0.6) is 0 Å². The minimum absolute atomic E-state index is 0.246. The topological polar surface area (TPSA) is 52.6 Å². The van der Waals surface area contributed by atoms with Gasteiger partial charge in [0.1, 0.15) is 0 Å². The Balaban J connectivity index is 5.48. The van der Waals surface area contributed by atoms with Crippen molar-refractivity contribution in [2.45, 2.75) is 47.0 Å². The second-order valence-electron chi connectivity index (χ2n) is 4.54. The molecule has 1 atom stereocenters. The Kier molecular flexibility index (Phi) is 8.12. The number of hydrogen-bond acceptors (Lipinski definition) is 4. The molecule has 0 heterocycles. The molecule has 0 N–H and O–H groups in total. The van der Waals surface area contributed by atoms with Crippen molar-refractivity contribution >= 4 is 11.9 Å². The van der Waals surface area contributed by atoms with Crippen molar-refractivity contribution in [3.63, 3.8) is 0 Å². The predicted octanol–water partition coefficient (Wildman–Crippen LogP) is 3.11. The van der Waals surface area contributed by atoms with Crippen molar-refractivity contribution in [2.75, 3.05) is 13.2 Å². The third-order valence-corrected chi connectivity index (χ3v) is 3.33. The standard InChI is InChI=1S/C15H26O4/c1-6-10-11-15(12(5)7-2,13(16)18-8-3)14(17)19-9-4/h7,12H,2,6,8-11H2,1,3-5H3. The zero-order valence-corrected chi connectivity index (χ0v) is 12.5. The first kappa shape index (κ1) is 17.7. The summed E-state index contributed by atoms with van der Waals surface area (Å²) in [6, 6.07) is 0. The van der Waals surface area contributed by atoms with Crippen LogP contribution in [0.25, 0.3) is 0 Å². The lowest BCUT2D eigenvalue weighted by molar-refractivity contribution is -0.175. The van der Waals surface area contributed by atoms with E-state index in [4.69, 9.17) is 9.47 Å². The molecule has 0 fully saturated rings. The van der Waals surface area contributed by atoms with Crippen LogP contribution in [0.15, 0.2) is 12.7 Å². The fourth-order valence-corrected chi connectivity index (χ4v) is 2.06. The van der Waals surface area contributed by atoms with Crippen LogP contribution in [0.3, 0.4) is 0 Å². The molecule has 0 radical (unpaired) electrons. The highest BCUT2D eigenvalue weighted by molar-refractivity contribution is 6.00. The Morgan fingerprint density at radius 2 is 1.63 bits per heavy atom. The summed E-state index contributed by atoms with van der Waals surface area (Å²) in [4.78, 5) is 24.6. The highest BCUT2D eigenvalue weighted by Crippen LogP contribution is 2.37. The summed E-state index contributed by atoms with van der Waals surface area (Å²) in [7, 11) is 0. The highest BCUT2D eigenvalue weighted by Gasteiger charge is 2.51. The van der Waals surface area contributed by atoms with E-state index in [1.54, 1.807) is 26.8 Å². The molecule has 0 spiro atoms. The molecule has 4 nitrogen and oxygen atoms in total. The Morgan fingerprint density at radius 3 is 1.95 bits per heavy atom. The second-order valence-corrected chi connectivity index (χ2v) is 4.54. The number of unbranched alkanes of at least 4 members (excludes halogenated alkanes) is 1.